The lowest BCUT2D eigenvalue weighted by Gasteiger charge is -2.25. The second-order valence-corrected chi connectivity index (χ2v) is 8.16. The Hall–Kier alpha value is -2.25. The van der Waals surface area contributed by atoms with Crippen molar-refractivity contribution in [2.24, 2.45) is 0 Å². The van der Waals surface area contributed by atoms with Crippen LogP contribution in [0.2, 0.25) is 0 Å². The third-order valence-corrected chi connectivity index (χ3v) is 5.36. The average molecular weight is 378 g/mol. The molecular weight excluding hydrogens is 355 g/mol. The van der Waals surface area contributed by atoms with Crippen LogP contribution in [-0.4, -0.2) is 38.5 Å². The summed E-state index contributed by atoms with van der Waals surface area (Å²) in [7, 11) is -2.14. The fraction of sp³-hybridized carbons (Fsp3) is 0.316. The highest BCUT2D eigenvalue weighted by Gasteiger charge is 2.30. The molecule has 26 heavy (non-hydrogen) atoms. The molecule has 0 heterocycles. The van der Waals surface area contributed by atoms with Crippen LogP contribution in [0.5, 0.6) is 0 Å². The molecule has 1 atom stereocenters. The molecule has 0 aliphatic rings. The first-order valence-electron chi connectivity index (χ1n) is 8.29. The molecule has 0 saturated carbocycles. The predicted molar refractivity (Wildman–Crippen MR) is 99.5 cm³/mol. The van der Waals surface area contributed by atoms with Gasteiger partial charge >= 0.3 is 0 Å². The number of hydrogen-bond donors (Lipinski definition) is 1. The first kappa shape index (κ1) is 20.1. The normalized spacial score (nSPS) is 12.8. The monoisotopic (exact) mass is 378 g/mol. The summed E-state index contributed by atoms with van der Waals surface area (Å²) in [6, 6.07) is 14.1. The van der Waals surface area contributed by atoms with Crippen molar-refractivity contribution in [3.05, 3.63) is 71.5 Å². The number of nitrogens with one attached hydrogen (secondary N) is 1. The summed E-state index contributed by atoms with van der Waals surface area (Å²) in [4.78, 5) is 12.6. The van der Waals surface area contributed by atoms with Gasteiger partial charge in [0.1, 0.15) is 11.9 Å². The number of carbonyl (C=O) groups excluding carboxylic acids is 1. The van der Waals surface area contributed by atoms with Crippen LogP contribution >= 0.6 is 0 Å². The largest absolute Gasteiger partial charge is 0.354 e. The number of nitrogens with zero attached hydrogens (tertiary/aromatic N) is 1. The van der Waals surface area contributed by atoms with Crippen LogP contribution in [0.15, 0.2) is 54.6 Å². The highest BCUT2D eigenvalue weighted by molar-refractivity contribution is 7.88. The van der Waals surface area contributed by atoms with Crippen molar-refractivity contribution in [3.63, 3.8) is 0 Å². The molecule has 140 valence electrons. The molecule has 1 amide bonds. The molecule has 0 unspecified atom stereocenters. The quantitative estimate of drug-likeness (QED) is 0.718. The number of sulfonamides is 1. The van der Waals surface area contributed by atoms with Crippen molar-refractivity contribution >= 4 is 15.9 Å². The summed E-state index contributed by atoms with van der Waals surface area (Å²) in [6.07, 6.45) is 2.44. The number of amides is 1. The van der Waals surface area contributed by atoms with E-state index in [0.717, 1.165) is 16.1 Å². The molecule has 1 N–H and O–H groups in total. The Bertz CT molecular complexity index is 824. The molecule has 2 aromatic carbocycles. The van der Waals surface area contributed by atoms with Gasteiger partial charge in [0.05, 0.1) is 6.26 Å². The molecule has 2 rings (SSSR count). The molecule has 2 aromatic rings. The van der Waals surface area contributed by atoms with Crippen LogP contribution < -0.4 is 5.32 Å². The Morgan fingerprint density at radius 2 is 1.73 bits per heavy atom. The lowest BCUT2D eigenvalue weighted by molar-refractivity contribution is -0.124. The zero-order chi connectivity index (χ0) is 19.2. The van der Waals surface area contributed by atoms with Crippen molar-refractivity contribution in [2.75, 3.05) is 19.8 Å². The number of benzene rings is 2. The summed E-state index contributed by atoms with van der Waals surface area (Å²) in [6.45, 7) is 0.400. The maximum absolute atomic E-state index is 12.9. The van der Waals surface area contributed by atoms with E-state index in [9.17, 15) is 17.6 Å². The van der Waals surface area contributed by atoms with E-state index in [4.69, 9.17) is 0 Å². The van der Waals surface area contributed by atoms with Gasteiger partial charge in [-0.3, -0.25) is 4.79 Å². The van der Waals surface area contributed by atoms with Crippen LogP contribution in [0.4, 0.5) is 4.39 Å². The standard InChI is InChI=1S/C19H23FN2O3S/c1-22(26(2,24)25)18(16-8-4-3-5-9-16)19(23)21-14-6-7-15-10-12-17(20)13-11-15/h3-5,8-13,18H,6-7,14H2,1-2H3,(H,21,23)/t18-/m1/s1. The molecule has 0 aromatic heterocycles. The Morgan fingerprint density at radius 3 is 2.31 bits per heavy atom. The fourth-order valence-electron chi connectivity index (χ4n) is 2.61. The molecule has 0 bridgehead atoms. The Balaban J connectivity index is 1.99. The zero-order valence-electron chi connectivity index (χ0n) is 14.9. The van der Waals surface area contributed by atoms with Crippen LogP contribution in [-0.2, 0) is 21.2 Å². The number of carbonyl (C=O) groups is 1. The number of hydrogen-bond acceptors (Lipinski definition) is 3. The lowest BCUT2D eigenvalue weighted by atomic mass is 10.1. The molecule has 0 radical (unpaired) electrons. The van der Waals surface area contributed by atoms with Gasteiger partial charge in [-0.05, 0) is 36.1 Å². The number of likely N-dealkylation sites (N-methyl/N-ethyl adjacent to an activating group) is 1. The van der Waals surface area contributed by atoms with E-state index in [1.165, 1.54) is 19.2 Å². The third kappa shape index (κ3) is 5.64. The molecule has 0 aliphatic carbocycles. The highest BCUT2D eigenvalue weighted by atomic mass is 32.2. The number of rotatable bonds is 8. The van der Waals surface area contributed by atoms with E-state index >= 15 is 0 Å². The van der Waals surface area contributed by atoms with Crippen molar-refractivity contribution in [2.45, 2.75) is 18.9 Å². The van der Waals surface area contributed by atoms with E-state index in [1.54, 1.807) is 36.4 Å². The molecule has 7 heteroatoms. The Kier molecular flexibility index (Phi) is 6.88. The summed E-state index contributed by atoms with van der Waals surface area (Å²) < 4.78 is 37.8. The van der Waals surface area contributed by atoms with Crippen molar-refractivity contribution < 1.29 is 17.6 Å². The van der Waals surface area contributed by atoms with Gasteiger partial charge in [0.15, 0.2) is 0 Å². The minimum absolute atomic E-state index is 0.281. The Labute approximate surface area is 153 Å². The Morgan fingerprint density at radius 1 is 1.12 bits per heavy atom. The van der Waals surface area contributed by atoms with E-state index in [2.05, 4.69) is 5.32 Å². The first-order chi connectivity index (χ1) is 12.3. The van der Waals surface area contributed by atoms with Crippen LogP contribution in [0.3, 0.4) is 0 Å². The van der Waals surface area contributed by atoms with Gasteiger partial charge in [-0.1, -0.05) is 42.5 Å². The van der Waals surface area contributed by atoms with Gasteiger partial charge in [0.2, 0.25) is 15.9 Å². The van der Waals surface area contributed by atoms with Gasteiger partial charge in [0, 0.05) is 13.6 Å². The van der Waals surface area contributed by atoms with Gasteiger partial charge in [-0.2, -0.15) is 4.31 Å². The summed E-state index contributed by atoms with van der Waals surface area (Å²) in [5.74, 6) is -0.653. The van der Waals surface area contributed by atoms with Gasteiger partial charge in [-0.25, -0.2) is 12.8 Å². The second kappa shape index (κ2) is 8.91. The van der Waals surface area contributed by atoms with E-state index in [-0.39, 0.29) is 11.7 Å². The number of halogens is 1. The molecule has 0 saturated heterocycles. The van der Waals surface area contributed by atoms with Gasteiger partial charge < -0.3 is 5.32 Å². The number of aryl methyl sites for hydroxylation is 1. The van der Waals surface area contributed by atoms with Gasteiger partial charge in [-0.15, -0.1) is 0 Å². The maximum atomic E-state index is 12.9. The van der Waals surface area contributed by atoms with Gasteiger partial charge in [0.25, 0.3) is 0 Å². The summed E-state index contributed by atoms with van der Waals surface area (Å²) in [5, 5.41) is 2.80. The van der Waals surface area contributed by atoms with Crippen molar-refractivity contribution in [1.29, 1.82) is 0 Å². The van der Waals surface area contributed by atoms with Crippen molar-refractivity contribution in [1.82, 2.24) is 9.62 Å². The maximum Gasteiger partial charge on any atom is 0.242 e. The van der Waals surface area contributed by atoms with E-state index < -0.39 is 16.1 Å². The van der Waals surface area contributed by atoms with Crippen molar-refractivity contribution in [3.8, 4) is 0 Å². The van der Waals surface area contributed by atoms with Crippen LogP contribution in [0.1, 0.15) is 23.6 Å². The first-order valence-corrected chi connectivity index (χ1v) is 10.1. The zero-order valence-corrected chi connectivity index (χ0v) is 15.7. The fourth-order valence-corrected chi connectivity index (χ4v) is 3.21. The lowest BCUT2D eigenvalue weighted by Crippen LogP contribution is -2.41. The SMILES string of the molecule is CN([C@@H](C(=O)NCCCc1ccc(F)cc1)c1ccccc1)S(C)(=O)=O. The summed E-state index contributed by atoms with van der Waals surface area (Å²) in [5.41, 5.74) is 1.59. The van der Waals surface area contributed by atoms with Crippen LogP contribution in [0.25, 0.3) is 0 Å². The van der Waals surface area contributed by atoms with E-state index in [0.29, 0.717) is 24.9 Å². The van der Waals surface area contributed by atoms with E-state index in [1.807, 2.05) is 6.07 Å². The summed E-state index contributed by atoms with van der Waals surface area (Å²) >= 11 is 0. The average Bonchev–Trinajstić information content (AvgIpc) is 2.60. The second-order valence-electron chi connectivity index (χ2n) is 6.11. The smallest absolute Gasteiger partial charge is 0.242 e. The molecule has 5 nitrogen and oxygen atoms in total. The molecule has 0 spiro atoms. The third-order valence-electron chi connectivity index (χ3n) is 4.11. The molecular formula is C19H23FN2O3S. The predicted octanol–water partition coefficient (Wildman–Crippen LogP) is 2.51. The van der Waals surface area contributed by atoms with Crippen LogP contribution in [0, 0.1) is 5.82 Å². The molecule has 0 fully saturated rings. The minimum atomic E-state index is -3.54. The minimum Gasteiger partial charge on any atom is -0.354 e. The highest BCUT2D eigenvalue weighted by Crippen LogP contribution is 2.21. The molecule has 0 aliphatic heterocycles. The topological polar surface area (TPSA) is 66.5 Å².